The minimum Gasteiger partial charge on any atom is -0.495 e. The van der Waals surface area contributed by atoms with E-state index in [-0.39, 0.29) is 5.91 Å². The molecule has 0 unspecified atom stereocenters. The molecule has 7 nitrogen and oxygen atoms in total. The van der Waals surface area contributed by atoms with Crippen LogP contribution in [0.2, 0.25) is 0 Å². The van der Waals surface area contributed by atoms with Gasteiger partial charge in [-0.25, -0.2) is 4.98 Å². The molecule has 0 spiro atoms. The number of ether oxygens (including phenoxy) is 1. The zero-order valence-corrected chi connectivity index (χ0v) is 14.7. The number of rotatable bonds is 6. The van der Waals surface area contributed by atoms with Gasteiger partial charge < -0.3 is 26.4 Å². The summed E-state index contributed by atoms with van der Waals surface area (Å²) in [4.78, 5) is 15.5. The average Bonchev–Trinajstić information content (AvgIpc) is 3.01. The largest absolute Gasteiger partial charge is 0.495 e. The highest BCUT2D eigenvalue weighted by Crippen LogP contribution is 2.36. The summed E-state index contributed by atoms with van der Waals surface area (Å²) in [7, 11) is 1.63. The molecular weight excluding hydrogens is 338 g/mol. The van der Waals surface area contributed by atoms with Crippen LogP contribution in [0.5, 0.6) is 5.75 Å². The van der Waals surface area contributed by atoms with Crippen molar-refractivity contribution >= 4 is 49.7 Å². The molecule has 5 N–H and O–H groups in total. The van der Waals surface area contributed by atoms with E-state index >= 15 is 0 Å². The third-order valence-electron chi connectivity index (χ3n) is 3.56. The predicted octanol–water partition coefficient (Wildman–Crippen LogP) is 3.14. The Bertz CT molecular complexity index is 909. The van der Waals surface area contributed by atoms with E-state index in [2.05, 4.69) is 20.9 Å². The number of nitrogen functional groups attached to an aromatic ring is 1. The first-order valence-electron chi connectivity index (χ1n) is 7.66. The number of hydrogen-bond donors (Lipinski definition) is 4. The number of aromatic nitrogens is 1. The van der Waals surface area contributed by atoms with Gasteiger partial charge in [0.25, 0.3) is 0 Å². The van der Waals surface area contributed by atoms with Gasteiger partial charge in [0, 0.05) is 6.92 Å². The van der Waals surface area contributed by atoms with E-state index in [0.29, 0.717) is 12.4 Å². The summed E-state index contributed by atoms with van der Waals surface area (Å²) in [6, 6.07) is 11.5. The molecule has 0 saturated heterocycles. The molecule has 0 aliphatic rings. The summed E-state index contributed by atoms with van der Waals surface area (Å²) in [5.41, 5.74) is 9.05. The van der Waals surface area contributed by atoms with Crippen molar-refractivity contribution in [3.05, 3.63) is 36.4 Å². The number of anilines is 4. The monoisotopic (exact) mass is 357 g/mol. The van der Waals surface area contributed by atoms with Crippen LogP contribution in [0.25, 0.3) is 10.2 Å². The van der Waals surface area contributed by atoms with Gasteiger partial charge in [-0.3, -0.25) is 4.79 Å². The number of para-hydroxylation sites is 2. The van der Waals surface area contributed by atoms with E-state index in [0.717, 1.165) is 32.5 Å². The van der Waals surface area contributed by atoms with Crippen molar-refractivity contribution in [3.63, 3.8) is 0 Å². The van der Waals surface area contributed by atoms with Crippen molar-refractivity contribution in [3.8, 4) is 5.75 Å². The number of nitrogens with zero attached hydrogens (tertiary/aromatic N) is 1. The SMILES string of the molecule is COc1ccccc1Nc1nc2c(N)c(NCNC(C)=O)ccc2s1. The van der Waals surface area contributed by atoms with E-state index in [1.165, 1.54) is 18.3 Å². The Morgan fingerprint density at radius 2 is 2.04 bits per heavy atom. The molecule has 8 heteroatoms. The molecule has 0 atom stereocenters. The second-order valence-corrected chi connectivity index (χ2v) is 6.34. The maximum atomic E-state index is 10.9. The van der Waals surface area contributed by atoms with Crippen LogP contribution >= 0.6 is 11.3 Å². The van der Waals surface area contributed by atoms with Crippen molar-refractivity contribution in [1.82, 2.24) is 10.3 Å². The van der Waals surface area contributed by atoms with E-state index in [1.807, 2.05) is 36.4 Å². The number of fused-ring (bicyclic) bond motifs is 1. The van der Waals surface area contributed by atoms with Crippen molar-refractivity contribution in [2.75, 3.05) is 30.1 Å². The zero-order chi connectivity index (χ0) is 17.8. The number of methoxy groups -OCH3 is 1. The topological polar surface area (TPSA) is 101 Å². The van der Waals surface area contributed by atoms with Crippen LogP contribution in [-0.4, -0.2) is 24.7 Å². The molecule has 1 amide bonds. The van der Waals surface area contributed by atoms with Crippen molar-refractivity contribution in [2.45, 2.75) is 6.92 Å². The Balaban J connectivity index is 1.84. The lowest BCUT2D eigenvalue weighted by atomic mass is 10.2. The van der Waals surface area contributed by atoms with Crippen molar-refractivity contribution in [1.29, 1.82) is 0 Å². The lowest BCUT2D eigenvalue weighted by Crippen LogP contribution is -2.26. The number of carbonyl (C=O) groups is 1. The summed E-state index contributed by atoms with van der Waals surface area (Å²) in [6.45, 7) is 1.77. The van der Waals surface area contributed by atoms with Gasteiger partial charge in [0.2, 0.25) is 5.91 Å². The summed E-state index contributed by atoms with van der Waals surface area (Å²) in [6.07, 6.45) is 0. The Morgan fingerprint density at radius 3 is 2.80 bits per heavy atom. The molecule has 0 bridgehead atoms. The number of carbonyl (C=O) groups excluding carboxylic acids is 1. The van der Waals surface area contributed by atoms with Gasteiger partial charge >= 0.3 is 0 Å². The summed E-state index contributed by atoms with van der Waals surface area (Å²) in [5.74, 6) is 0.636. The van der Waals surface area contributed by atoms with Crippen LogP contribution in [-0.2, 0) is 4.79 Å². The Hall–Kier alpha value is -3.00. The van der Waals surface area contributed by atoms with Gasteiger partial charge in [0.1, 0.15) is 11.3 Å². The first-order chi connectivity index (χ1) is 12.1. The van der Waals surface area contributed by atoms with Gasteiger partial charge in [-0.1, -0.05) is 23.5 Å². The van der Waals surface area contributed by atoms with E-state index in [9.17, 15) is 4.79 Å². The van der Waals surface area contributed by atoms with Gasteiger partial charge in [0.15, 0.2) is 5.13 Å². The van der Waals surface area contributed by atoms with Crippen LogP contribution < -0.4 is 26.4 Å². The van der Waals surface area contributed by atoms with Gasteiger partial charge in [-0.05, 0) is 24.3 Å². The second kappa shape index (κ2) is 7.27. The first kappa shape index (κ1) is 16.8. The third kappa shape index (κ3) is 3.74. The minimum absolute atomic E-state index is 0.107. The molecule has 2 aromatic carbocycles. The van der Waals surface area contributed by atoms with Crippen LogP contribution in [0.3, 0.4) is 0 Å². The minimum atomic E-state index is -0.107. The number of nitrogens with one attached hydrogen (secondary N) is 3. The highest BCUT2D eigenvalue weighted by atomic mass is 32.1. The molecule has 0 fully saturated rings. The quantitative estimate of drug-likeness (QED) is 0.399. The molecule has 1 heterocycles. The molecule has 0 radical (unpaired) electrons. The number of amides is 1. The normalized spacial score (nSPS) is 10.5. The number of hydrogen-bond acceptors (Lipinski definition) is 7. The van der Waals surface area contributed by atoms with Gasteiger partial charge in [-0.15, -0.1) is 0 Å². The molecule has 25 heavy (non-hydrogen) atoms. The zero-order valence-electron chi connectivity index (χ0n) is 13.9. The van der Waals surface area contributed by atoms with Crippen LogP contribution in [0.15, 0.2) is 36.4 Å². The molecule has 0 saturated carbocycles. The highest BCUT2D eigenvalue weighted by molar-refractivity contribution is 7.22. The van der Waals surface area contributed by atoms with E-state index < -0.39 is 0 Å². The lowest BCUT2D eigenvalue weighted by Gasteiger charge is -2.09. The van der Waals surface area contributed by atoms with Crippen LogP contribution in [0, 0.1) is 0 Å². The fourth-order valence-electron chi connectivity index (χ4n) is 2.35. The molecular formula is C17H19N5O2S. The van der Waals surface area contributed by atoms with E-state index in [1.54, 1.807) is 7.11 Å². The Labute approximate surface area is 149 Å². The molecule has 3 rings (SSSR count). The smallest absolute Gasteiger partial charge is 0.218 e. The fraction of sp³-hybridized carbons (Fsp3) is 0.176. The van der Waals surface area contributed by atoms with Crippen molar-refractivity contribution < 1.29 is 9.53 Å². The lowest BCUT2D eigenvalue weighted by molar-refractivity contribution is -0.118. The van der Waals surface area contributed by atoms with Gasteiger partial charge in [-0.2, -0.15) is 0 Å². The highest BCUT2D eigenvalue weighted by Gasteiger charge is 2.11. The van der Waals surface area contributed by atoms with Crippen LogP contribution in [0.4, 0.5) is 22.2 Å². The first-order valence-corrected chi connectivity index (χ1v) is 8.47. The van der Waals surface area contributed by atoms with E-state index in [4.69, 9.17) is 10.5 Å². The second-order valence-electron chi connectivity index (χ2n) is 5.30. The summed E-state index contributed by atoms with van der Waals surface area (Å²) in [5, 5.41) is 9.75. The Kier molecular flexibility index (Phi) is 4.90. The molecule has 130 valence electrons. The maximum Gasteiger partial charge on any atom is 0.218 e. The number of nitrogens with two attached hydrogens (primary N) is 1. The standard InChI is InChI=1S/C17H19N5O2S/c1-10(23)19-9-20-12-7-8-14-16(15(12)18)22-17(25-14)21-11-5-3-4-6-13(11)24-2/h3-8,20H,9,18H2,1-2H3,(H,19,23)(H,21,22). The number of benzene rings is 2. The third-order valence-corrected chi connectivity index (χ3v) is 4.50. The fourth-order valence-corrected chi connectivity index (χ4v) is 3.24. The molecule has 3 aromatic rings. The van der Waals surface area contributed by atoms with Crippen molar-refractivity contribution in [2.24, 2.45) is 0 Å². The summed E-state index contributed by atoms with van der Waals surface area (Å²) >= 11 is 1.51. The summed E-state index contributed by atoms with van der Waals surface area (Å²) < 4.78 is 6.32. The maximum absolute atomic E-state index is 10.9. The molecule has 0 aliphatic carbocycles. The van der Waals surface area contributed by atoms with Gasteiger partial charge in [0.05, 0.1) is 35.5 Å². The number of thiazole rings is 1. The Morgan fingerprint density at radius 1 is 1.24 bits per heavy atom. The van der Waals surface area contributed by atoms with Crippen LogP contribution in [0.1, 0.15) is 6.92 Å². The average molecular weight is 357 g/mol. The predicted molar refractivity (Wildman–Crippen MR) is 103 cm³/mol. The molecule has 0 aliphatic heterocycles. The molecule has 1 aromatic heterocycles.